The number of aliphatic hydroxyl groups is 1. The van der Waals surface area contributed by atoms with Gasteiger partial charge in [0.05, 0.1) is 12.2 Å². The smallest absolute Gasteiger partial charge is 0.259 e. The fourth-order valence-electron chi connectivity index (χ4n) is 3.58. The average Bonchev–Trinajstić information content (AvgIpc) is 2.96. The lowest BCUT2D eigenvalue weighted by Gasteiger charge is -2.22. The van der Waals surface area contributed by atoms with Crippen molar-refractivity contribution in [3.8, 4) is 5.75 Å². The molecule has 1 unspecified atom stereocenters. The van der Waals surface area contributed by atoms with Crippen molar-refractivity contribution in [3.63, 3.8) is 0 Å². The van der Waals surface area contributed by atoms with Gasteiger partial charge in [-0.05, 0) is 35.6 Å². The first-order chi connectivity index (χ1) is 13.2. The number of β-amino-alcohol motifs (C(OH)–C–C–N with tert-alkyl or cyclic N) is 1. The molecule has 0 fully saturated rings. The highest BCUT2D eigenvalue weighted by Gasteiger charge is 2.30. The first-order valence-corrected chi connectivity index (χ1v) is 9.02. The van der Waals surface area contributed by atoms with Gasteiger partial charge < -0.3 is 14.7 Å². The number of rotatable bonds is 7. The van der Waals surface area contributed by atoms with Crippen molar-refractivity contribution in [1.82, 2.24) is 0 Å². The minimum absolute atomic E-state index is 0.0760. The molecule has 4 rings (SSSR count). The lowest BCUT2D eigenvalue weighted by molar-refractivity contribution is 0.0912. The first kappa shape index (κ1) is 17.3. The Labute approximate surface area is 158 Å². The minimum Gasteiger partial charge on any atom is -0.491 e. The Kier molecular flexibility index (Phi) is 4.65. The Bertz CT molecular complexity index is 1010. The topological polar surface area (TPSA) is 49.8 Å². The fourth-order valence-corrected chi connectivity index (χ4v) is 3.58. The van der Waals surface area contributed by atoms with E-state index < -0.39 is 6.10 Å². The molecule has 3 aromatic carbocycles. The number of para-hydroxylation sites is 1. The van der Waals surface area contributed by atoms with Crippen molar-refractivity contribution < 1.29 is 14.6 Å². The normalized spacial score (nSPS) is 13.8. The SMILES string of the molecule is C=CCc1ccccc1OCC(O)CN1C(=O)c2cccc3cccc1c23. The monoisotopic (exact) mass is 359 g/mol. The van der Waals surface area contributed by atoms with Crippen LogP contribution in [0.3, 0.4) is 0 Å². The van der Waals surface area contributed by atoms with Crippen molar-refractivity contribution in [2.45, 2.75) is 12.5 Å². The highest BCUT2D eigenvalue weighted by atomic mass is 16.5. The van der Waals surface area contributed by atoms with Crippen molar-refractivity contribution in [2.24, 2.45) is 0 Å². The van der Waals surface area contributed by atoms with Crippen LogP contribution in [0.2, 0.25) is 0 Å². The molecule has 1 amide bonds. The van der Waals surface area contributed by atoms with E-state index in [9.17, 15) is 9.90 Å². The second-order valence-corrected chi connectivity index (χ2v) is 6.66. The molecule has 1 aliphatic heterocycles. The summed E-state index contributed by atoms with van der Waals surface area (Å²) in [6.45, 7) is 4.06. The average molecular weight is 359 g/mol. The first-order valence-electron chi connectivity index (χ1n) is 9.02. The molecule has 27 heavy (non-hydrogen) atoms. The summed E-state index contributed by atoms with van der Waals surface area (Å²) in [7, 11) is 0. The summed E-state index contributed by atoms with van der Waals surface area (Å²) < 4.78 is 5.81. The maximum absolute atomic E-state index is 12.8. The molecule has 4 nitrogen and oxygen atoms in total. The van der Waals surface area contributed by atoms with Crippen LogP contribution in [0.1, 0.15) is 15.9 Å². The van der Waals surface area contributed by atoms with E-state index in [0.29, 0.717) is 12.0 Å². The zero-order chi connectivity index (χ0) is 18.8. The molecule has 136 valence electrons. The quantitative estimate of drug-likeness (QED) is 0.650. The van der Waals surface area contributed by atoms with Crippen molar-refractivity contribution in [3.05, 3.63) is 84.4 Å². The molecular formula is C23H21NO3. The van der Waals surface area contributed by atoms with Crippen molar-refractivity contribution in [1.29, 1.82) is 0 Å². The van der Waals surface area contributed by atoms with Gasteiger partial charge in [0.25, 0.3) is 5.91 Å². The molecule has 0 spiro atoms. The number of hydrogen-bond donors (Lipinski definition) is 1. The lowest BCUT2D eigenvalue weighted by atomic mass is 10.1. The van der Waals surface area contributed by atoms with E-state index in [1.807, 2.05) is 66.7 Å². The minimum atomic E-state index is -0.796. The standard InChI is InChI=1S/C23H21NO3/c1-2-7-16-8-3-4-13-21(16)27-15-18(25)14-24-20-12-6-10-17-9-5-11-19(22(17)20)23(24)26/h2-6,8-13,18,25H,1,7,14-15H2. The fraction of sp³-hybridized carbons (Fsp3) is 0.174. The number of amides is 1. The van der Waals surface area contributed by atoms with Gasteiger partial charge in [-0.3, -0.25) is 4.79 Å². The van der Waals surface area contributed by atoms with E-state index in [0.717, 1.165) is 27.8 Å². The third kappa shape index (κ3) is 3.20. The van der Waals surface area contributed by atoms with E-state index in [-0.39, 0.29) is 19.1 Å². The summed E-state index contributed by atoms with van der Waals surface area (Å²) in [4.78, 5) is 14.4. The molecule has 4 heteroatoms. The van der Waals surface area contributed by atoms with Gasteiger partial charge in [0.1, 0.15) is 18.5 Å². The number of anilines is 1. The maximum atomic E-state index is 12.8. The van der Waals surface area contributed by atoms with Gasteiger partial charge in [0.15, 0.2) is 0 Å². The molecule has 0 aliphatic carbocycles. The number of nitrogens with zero attached hydrogens (tertiary/aromatic N) is 1. The molecule has 0 saturated carbocycles. The third-order valence-electron chi connectivity index (χ3n) is 4.81. The Morgan fingerprint density at radius 1 is 1.07 bits per heavy atom. The maximum Gasteiger partial charge on any atom is 0.259 e. The van der Waals surface area contributed by atoms with Gasteiger partial charge in [0.2, 0.25) is 0 Å². The van der Waals surface area contributed by atoms with Gasteiger partial charge in [-0.25, -0.2) is 0 Å². The van der Waals surface area contributed by atoms with E-state index in [1.54, 1.807) is 4.90 Å². The molecule has 0 radical (unpaired) electrons. The molecule has 3 aromatic rings. The molecular weight excluding hydrogens is 338 g/mol. The Hall–Kier alpha value is -3.11. The summed E-state index contributed by atoms with van der Waals surface area (Å²) >= 11 is 0. The van der Waals surface area contributed by atoms with Crippen LogP contribution in [-0.2, 0) is 6.42 Å². The number of carbonyl (C=O) groups excluding carboxylic acids is 1. The molecule has 1 N–H and O–H groups in total. The number of aliphatic hydroxyl groups excluding tert-OH is 1. The largest absolute Gasteiger partial charge is 0.491 e. The second-order valence-electron chi connectivity index (χ2n) is 6.66. The summed E-state index contributed by atoms with van der Waals surface area (Å²) in [5.41, 5.74) is 2.56. The van der Waals surface area contributed by atoms with Crippen LogP contribution in [0, 0.1) is 0 Å². The number of ether oxygens (including phenoxy) is 1. The summed E-state index contributed by atoms with van der Waals surface area (Å²) in [5, 5.41) is 12.5. The highest BCUT2D eigenvalue weighted by Crippen LogP contribution is 2.37. The molecule has 1 atom stereocenters. The van der Waals surface area contributed by atoms with Crippen LogP contribution in [-0.4, -0.2) is 30.3 Å². The highest BCUT2D eigenvalue weighted by molar-refractivity contribution is 6.25. The van der Waals surface area contributed by atoms with E-state index >= 15 is 0 Å². The van der Waals surface area contributed by atoms with Gasteiger partial charge in [-0.15, -0.1) is 6.58 Å². The van der Waals surface area contributed by atoms with Crippen LogP contribution in [0.5, 0.6) is 5.75 Å². The van der Waals surface area contributed by atoms with Gasteiger partial charge in [0, 0.05) is 10.9 Å². The summed E-state index contributed by atoms with van der Waals surface area (Å²) in [6.07, 6.45) is 1.73. The lowest BCUT2D eigenvalue weighted by Crippen LogP contribution is -2.37. The number of hydrogen-bond acceptors (Lipinski definition) is 3. The van der Waals surface area contributed by atoms with Gasteiger partial charge in [-0.2, -0.15) is 0 Å². The number of allylic oxidation sites excluding steroid dienone is 1. The molecule has 1 heterocycles. The van der Waals surface area contributed by atoms with Crippen LogP contribution in [0.15, 0.2) is 73.3 Å². The molecule has 0 bridgehead atoms. The van der Waals surface area contributed by atoms with Crippen molar-refractivity contribution in [2.75, 3.05) is 18.1 Å². The number of carbonyl (C=O) groups is 1. The summed E-state index contributed by atoms with van der Waals surface area (Å²) in [6, 6.07) is 19.3. The van der Waals surface area contributed by atoms with Crippen LogP contribution < -0.4 is 9.64 Å². The Morgan fingerprint density at radius 3 is 2.67 bits per heavy atom. The molecule has 0 aromatic heterocycles. The number of benzene rings is 3. The zero-order valence-corrected chi connectivity index (χ0v) is 15.0. The molecule has 1 aliphatic rings. The second kappa shape index (κ2) is 7.25. The van der Waals surface area contributed by atoms with E-state index in [4.69, 9.17) is 4.74 Å². The Morgan fingerprint density at radius 2 is 1.85 bits per heavy atom. The molecule has 0 saturated heterocycles. The van der Waals surface area contributed by atoms with Crippen LogP contribution in [0.4, 0.5) is 5.69 Å². The third-order valence-corrected chi connectivity index (χ3v) is 4.81. The van der Waals surface area contributed by atoms with Gasteiger partial charge in [-0.1, -0.05) is 48.5 Å². The van der Waals surface area contributed by atoms with Crippen LogP contribution in [0.25, 0.3) is 10.8 Å². The summed E-state index contributed by atoms with van der Waals surface area (Å²) in [5.74, 6) is 0.655. The van der Waals surface area contributed by atoms with Crippen LogP contribution >= 0.6 is 0 Å². The van der Waals surface area contributed by atoms with E-state index in [1.165, 1.54) is 0 Å². The predicted molar refractivity (Wildman–Crippen MR) is 107 cm³/mol. The van der Waals surface area contributed by atoms with Crippen molar-refractivity contribution >= 4 is 22.4 Å². The zero-order valence-electron chi connectivity index (χ0n) is 15.0. The van der Waals surface area contributed by atoms with Gasteiger partial charge >= 0.3 is 0 Å². The predicted octanol–water partition coefficient (Wildman–Crippen LogP) is 3.97. The van der Waals surface area contributed by atoms with E-state index in [2.05, 4.69) is 6.58 Å². The Balaban J connectivity index is 1.48.